The highest BCUT2D eigenvalue weighted by molar-refractivity contribution is 9.10. The minimum absolute atomic E-state index is 0.0173. The first-order chi connectivity index (χ1) is 8.49. The Kier molecular flexibility index (Phi) is 6.18. The third kappa shape index (κ3) is 4.00. The third-order valence-corrected chi connectivity index (χ3v) is 3.47. The molecular formula is C13H19BrF2N2. The standard InChI is InChI=1S/C13H19BrF2N2/c1-3-4-8(2)5-12(18-17)13-10(15)6-9(14)7-11(13)16/h6-8,12,18H,3-5,17H2,1-2H3. The zero-order chi connectivity index (χ0) is 13.7. The topological polar surface area (TPSA) is 38.0 Å². The van der Waals surface area contributed by atoms with Crippen LogP contribution in [0.25, 0.3) is 0 Å². The molecule has 0 saturated carbocycles. The summed E-state index contributed by atoms with van der Waals surface area (Å²) in [5, 5.41) is 0. The molecule has 0 aliphatic carbocycles. The Labute approximate surface area is 115 Å². The van der Waals surface area contributed by atoms with Crippen molar-refractivity contribution < 1.29 is 8.78 Å². The predicted molar refractivity (Wildman–Crippen MR) is 72.8 cm³/mol. The van der Waals surface area contributed by atoms with Crippen LogP contribution in [0.4, 0.5) is 8.78 Å². The summed E-state index contributed by atoms with van der Waals surface area (Å²) < 4.78 is 28.0. The lowest BCUT2D eigenvalue weighted by molar-refractivity contribution is 0.374. The Balaban J connectivity index is 2.95. The average molecular weight is 321 g/mol. The zero-order valence-corrected chi connectivity index (χ0v) is 12.2. The number of hydrogen-bond donors (Lipinski definition) is 2. The van der Waals surface area contributed by atoms with E-state index in [2.05, 4.69) is 35.2 Å². The lowest BCUT2D eigenvalue weighted by Gasteiger charge is -2.21. The van der Waals surface area contributed by atoms with Crippen LogP contribution in [0.15, 0.2) is 16.6 Å². The van der Waals surface area contributed by atoms with Crippen LogP contribution in [0.5, 0.6) is 0 Å². The Hall–Kier alpha value is -0.520. The van der Waals surface area contributed by atoms with Crippen LogP contribution < -0.4 is 11.3 Å². The normalized spacial score (nSPS) is 14.6. The Bertz CT molecular complexity index is 376. The van der Waals surface area contributed by atoms with Gasteiger partial charge in [-0.3, -0.25) is 11.3 Å². The minimum Gasteiger partial charge on any atom is -0.271 e. The number of rotatable bonds is 6. The molecule has 3 N–H and O–H groups in total. The monoisotopic (exact) mass is 320 g/mol. The number of hydrogen-bond acceptors (Lipinski definition) is 2. The van der Waals surface area contributed by atoms with Gasteiger partial charge in [-0.2, -0.15) is 0 Å². The molecule has 1 aromatic carbocycles. The molecule has 18 heavy (non-hydrogen) atoms. The van der Waals surface area contributed by atoms with Gasteiger partial charge in [0.25, 0.3) is 0 Å². The predicted octanol–water partition coefficient (Wildman–Crippen LogP) is 4.06. The van der Waals surface area contributed by atoms with E-state index < -0.39 is 17.7 Å². The third-order valence-electron chi connectivity index (χ3n) is 3.01. The highest BCUT2D eigenvalue weighted by Crippen LogP contribution is 2.29. The second-order valence-corrected chi connectivity index (χ2v) is 5.55. The largest absolute Gasteiger partial charge is 0.271 e. The Morgan fingerprint density at radius 1 is 1.33 bits per heavy atom. The van der Waals surface area contributed by atoms with Gasteiger partial charge in [-0.15, -0.1) is 0 Å². The molecule has 2 nitrogen and oxygen atoms in total. The van der Waals surface area contributed by atoms with Gasteiger partial charge in [-0.25, -0.2) is 8.78 Å². The summed E-state index contributed by atoms with van der Waals surface area (Å²) in [5.74, 6) is 4.64. The number of nitrogens with two attached hydrogens (primary N) is 1. The molecule has 2 atom stereocenters. The molecule has 0 aromatic heterocycles. The van der Waals surface area contributed by atoms with Crippen LogP contribution in [0.3, 0.4) is 0 Å². The van der Waals surface area contributed by atoms with Crippen molar-refractivity contribution in [3.05, 3.63) is 33.8 Å². The molecule has 102 valence electrons. The van der Waals surface area contributed by atoms with Gasteiger partial charge in [0.15, 0.2) is 0 Å². The van der Waals surface area contributed by atoms with E-state index in [0.29, 0.717) is 16.8 Å². The minimum atomic E-state index is -0.575. The van der Waals surface area contributed by atoms with Crippen molar-refractivity contribution in [1.82, 2.24) is 5.43 Å². The van der Waals surface area contributed by atoms with E-state index in [9.17, 15) is 8.78 Å². The number of halogens is 3. The first-order valence-electron chi connectivity index (χ1n) is 6.10. The van der Waals surface area contributed by atoms with E-state index in [1.807, 2.05) is 0 Å². The first kappa shape index (κ1) is 15.5. The van der Waals surface area contributed by atoms with Crippen molar-refractivity contribution in [3.63, 3.8) is 0 Å². The highest BCUT2D eigenvalue weighted by Gasteiger charge is 2.21. The van der Waals surface area contributed by atoms with Crippen LogP contribution in [0, 0.1) is 17.6 Å². The molecule has 5 heteroatoms. The maximum absolute atomic E-state index is 13.8. The summed E-state index contributed by atoms with van der Waals surface area (Å²) >= 11 is 3.06. The summed E-state index contributed by atoms with van der Waals surface area (Å²) in [4.78, 5) is 0. The number of benzene rings is 1. The van der Waals surface area contributed by atoms with Crippen molar-refractivity contribution >= 4 is 15.9 Å². The summed E-state index contributed by atoms with van der Waals surface area (Å²) in [6, 6.07) is 2.01. The molecule has 2 unspecified atom stereocenters. The van der Waals surface area contributed by atoms with Crippen molar-refractivity contribution in [2.75, 3.05) is 0 Å². The van der Waals surface area contributed by atoms with E-state index >= 15 is 0 Å². The van der Waals surface area contributed by atoms with E-state index in [4.69, 9.17) is 5.84 Å². The molecule has 1 rings (SSSR count). The second kappa shape index (κ2) is 7.16. The summed E-state index contributed by atoms with van der Waals surface area (Å²) in [5.41, 5.74) is 2.53. The summed E-state index contributed by atoms with van der Waals surface area (Å²) in [7, 11) is 0. The van der Waals surface area contributed by atoms with Crippen molar-refractivity contribution in [2.24, 2.45) is 11.8 Å². The number of nitrogens with one attached hydrogen (secondary N) is 1. The van der Waals surface area contributed by atoms with Gasteiger partial charge < -0.3 is 0 Å². The molecule has 0 aliphatic heterocycles. The van der Waals surface area contributed by atoms with Gasteiger partial charge in [0.1, 0.15) is 11.6 Å². The van der Waals surface area contributed by atoms with Gasteiger partial charge >= 0.3 is 0 Å². The Morgan fingerprint density at radius 2 is 1.89 bits per heavy atom. The maximum Gasteiger partial charge on any atom is 0.132 e. The van der Waals surface area contributed by atoms with Gasteiger partial charge in [-0.05, 0) is 24.5 Å². The molecule has 0 bridgehead atoms. The highest BCUT2D eigenvalue weighted by atomic mass is 79.9. The first-order valence-corrected chi connectivity index (χ1v) is 6.89. The lowest BCUT2D eigenvalue weighted by Crippen LogP contribution is -2.30. The summed E-state index contributed by atoms with van der Waals surface area (Å²) in [6.45, 7) is 4.14. The fourth-order valence-corrected chi connectivity index (χ4v) is 2.57. The molecule has 0 spiro atoms. The molecular weight excluding hydrogens is 302 g/mol. The molecule has 0 heterocycles. The van der Waals surface area contributed by atoms with Crippen molar-refractivity contribution in [2.45, 2.75) is 39.2 Å². The number of hydrazine groups is 1. The molecule has 1 aromatic rings. The molecule has 0 saturated heterocycles. The van der Waals surface area contributed by atoms with Crippen LogP contribution in [0.2, 0.25) is 0 Å². The average Bonchev–Trinajstić information content (AvgIpc) is 2.26. The maximum atomic E-state index is 13.8. The molecule has 0 aliphatic rings. The van der Waals surface area contributed by atoms with Gasteiger partial charge in [0.2, 0.25) is 0 Å². The van der Waals surface area contributed by atoms with E-state index in [1.165, 1.54) is 12.1 Å². The van der Waals surface area contributed by atoms with Crippen molar-refractivity contribution in [3.8, 4) is 0 Å². The quantitative estimate of drug-likeness (QED) is 0.612. The fourth-order valence-electron chi connectivity index (χ4n) is 2.17. The van der Waals surface area contributed by atoms with E-state index in [1.54, 1.807) is 0 Å². The zero-order valence-electron chi connectivity index (χ0n) is 10.6. The van der Waals surface area contributed by atoms with Crippen LogP contribution >= 0.6 is 15.9 Å². The fraction of sp³-hybridized carbons (Fsp3) is 0.538. The van der Waals surface area contributed by atoms with Crippen molar-refractivity contribution in [1.29, 1.82) is 0 Å². The van der Waals surface area contributed by atoms with Crippen LogP contribution in [0.1, 0.15) is 44.7 Å². The SMILES string of the molecule is CCCC(C)CC(NN)c1c(F)cc(Br)cc1F. The molecule has 0 fully saturated rings. The Morgan fingerprint density at radius 3 is 2.33 bits per heavy atom. The second-order valence-electron chi connectivity index (χ2n) is 4.63. The van der Waals surface area contributed by atoms with Crippen LogP contribution in [-0.2, 0) is 0 Å². The van der Waals surface area contributed by atoms with Gasteiger partial charge in [-0.1, -0.05) is 42.6 Å². The smallest absolute Gasteiger partial charge is 0.132 e. The van der Waals surface area contributed by atoms with Gasteiger partial charge in [0.05, 0.1) is 6.04 Å². The summed E-state index contributed by atoms with van der Waals surface area (Å²) in [6.07, 6.45) is 2.67. The molecule has 0 amide bonds. The van der Waals surface area contributed by atoms with Crippen LogP contribution in [-0.4, -0.2) is 0 Å². The van der Waals surface area contributed by atoms with E-state index in [0.717, 1.165) is 12.8 Å². The lowest BCUT2D eigenvalue weighted by atomic mass is 9.93. The van der Waals surface area contributed by atoms with Gasteiger partial charge in [0, 0.05) is 10.0 Å². The van der Waals surface area contributed by atoms with E-state index in [-0.39, 0.29) is 5.56 Å². The molecule has 0 radical (unpaired) electrons.